The summed E-state index contributed by atoms with van der Waals surface area (Å²) in [4.78, 5) is 33.5. The maximum atomic E-state index is 12.4. The molecule has 2 heterocycles. The molecule has 0 bridgehead atoms. The van der Waals surface area contributed by atoms with E-state index in [0.29, 0.717) is 30.8 Å². The Labute approximate surface area is 178 Å². The fourth-order valence-corrected chi connectivity index (χ4v) is 3.55. The summed E-state index contributed by atoms with van der Waals surface area (Å²) < 4.78 is 1.85. The molecule has 162 valence electrons. The molecule has 0 aliphatic carbocycles. The van der Waals surface area contributed by atoms with Gasteiger partial charge in [0.2, 0.25) is 5.91 Å². The molecule has 1 fully saturated rings. The summed E-state index contributed by atoms with van der Waals surface area (Å²) in [5.74, 6) is -0.204. The molecule has 1 aromatic carbocycles. The minimum Gasteiger partial charge on any atom is -0.352 e. The van der Waals surface area contributed by atoms with Gasteiger partial charge in [-0.05, 0) is 37.7 Å². The zero-order valence-electron chi connectivity index (χ0n) is 17.7. The van der Waals surface area contributed by atoms with Crippen LogP contribution in [0.25, 0.3) is 0 Å². The minimum absolute atomic E-state index is 0.0931. The number of imidazole rings is 1. The number of likely N-dealkylation sites (N-methyl/N-ethyl adjacent to an activating group) is 1. The van der Waals surface area contributed by atoms with E-state index in [9.17, 15) is 9.59 Å². The highest BCUT2D eigenvalue weighted by Gasteiger charge is 2.15. The maximum absolute atomic E-state index is 12.4. The van der Waals surface area contributed by atoms with Crippen LogP contribution >= 0.6 is 0 Å². The third-order valence-electron chi connectivity index (χ3n) is 5.41. The number of rotatable bonds is 10. The number of aromatic nitrogens is 2. The second-order valence-corrected chi connectivity index (χ2v) is 7.56. The quantitative estimate of drug-likeness (QED) is 0.580. The highest BCUT2D eigenvalue weighted by molar-refractivity contribution is 5.97. The molecule has 0 radical (unpaired) electrons. The monoisotopic (exact) mass is 412 g/mol. The second-order valence-electron chi connectivity index (χ2n) is 7.56. The normalized spacial score (nSPS) is 15.1. The van der Waals surface area contributed by atoms with Crippen molar-refractivity contribution in [3.63, 3.8) is 0 Å². The number of piperazine rings is 1. The summed E-state index contributed by atoms with van der Waals surface area (Å²) in [7, 11) is 0. The number of hydrogen-bond donors (Lipinski definition) is 2. The van der Waals surface area contributed by atoms with Crippen molar-refractivity contribution in [2.45, 2.75) is 26.3 Å². The van der Waals surface area contributed by atoms with Crippen molar-refractivity contribution in [3.05, 3.63) is 48.5 Å². The molecule has 8 heteroatoms. The van der Waals surface area contributed by atoms with Crippen molar-refractivity contribution < 1.29 is 9.59 Å². The van der Waals surface area contributed by atoms with Gasteiger partial charge >= 0.3 is 0 Å². The van der Waals surface area contributed by atoms with E-state index in [-0.39, 0.29) is 11.8 Å². The summed E-state index contributed by atoms with van der Waals surface area (Å²) in [5, 5.41) is 5.84. The number of hydrogen-bond acceptors (Lipinski definition) is 5. The van der Waals surface area contributed by atoms with Crippen LogP contribution in [0, 0.1) is 0 Å². The Hall–Kier alpha value is -2.71. The van der Waals surface area contributed by atoms with Crippen LogP contribution in [-0.4, -0.2) is 77.0 Å². The number of carbonyl (C=O) groups excluding carboxylic acids is 2. The molecule has 2 amide bonds. The molecule has 2 N–H and O–H groups in total. The summed E-state index contributed by atoms with van der Waals surface area (Å²) in [5.41, 5.74) is 1.19. The van der Waals surface area contributed by atoms with E-state index in [1.165, 1.54) is 0 Å². The molecule has 0 unspecified atom stereocenters. The van der Waals surface area contributed by atoms with Crippen molar-refractivity contribution in [2.75, 3.05) is 51.1 Å². The molecule has 0 spiro atoms. The number of amides is 2. The topological polar surface area (TPSA) is 82.5 Å². The Morgan fingerprint density at radius 1 is 1.10 bits per heavy atom. The van der Waals surface area contributed by atoms with E-state index < -0.39 is 0 Å². The predicted octanol–water partition coefficient (Wildman–Crippen LogP) is 1.67. The van der Waals surface area contributed by atoms with Gasteiger partial charge in [-0.15, -0.1) is 0 Å². The Morgan fingerprint density at radius 2 is 1.90 bits per heavy atom. The highest BCUT2D eigenvalue weighted by Crippen LogP contribution is 2.11. The molecular weight excluding hydrogens is 380 g/mol. The third kappa shape index (κ3) is 6.96. The lowest BCUT2D eigenvalue weighted by molar-refractivity contribution is -0.116. The molecular formula is C22H32N6O2. The van der Waals surface area contributed by atoms with Crippen LogP contribution in [0.1, 0.15) is 30.1 Å². The first-order valence-electron chi connectivity index (χ1n) is 10.7. The fraction of sp³-hybridized carbons (Fsp3) is 0.500. The number of aryl methyl sites for hydroxylation is 1. The van der Waals surface area contributed by atoms with Crippen LogP contribution in [0.3, 0.4) is 0 Å². The molecule has 3 rings (SSSR count). The molecule has 0 saturated carbocycles. The van der Waals surface area contributed by atoms with Gasteiger partial charge in [-0.1, -0.05) is 13.0 Å². The van der Waals surface area contributed by atoms with Gasteiger partial charge < -0.3 is 25.0 Å². The zero-order valence-corrected chi connectivity index (χ0v) is 17.7. The van der Waals surface area contributed by atoms with Gasteiger partial charge in [0.1, 0.15) is 0 Å². The van der Waals surface area contributed by atoms with E-state index in [4.69, 9.17) is 0 Å². The average molecular weight is 413 g/mol. The van der Waals surface area contributed by atoms with Crippen LogP contribution in [0.4, 0.5) is 5.69 Å². The number of nitrogens with one attached hydrogen (secondary N) is 2. The van der Waals surface area contributed by atoms with Crippen LogP contribution in [-0.2, 0) is 11.3 Å². The first kappa shape index (κ1) is 22.0. The maximum Gasteiger partial charge on any atom is 0.251 e. The Bertz CT molecular complexity index is 800. The highest BCUT2D eigenvalue weighted by atomic mass is 16.2. The lowest BCUT2D eigenvalue weighted by atomic mass is 10.2. The standard InChI is InChI=1S/C22H32N6O2/c1-2-26-13-15-27(16-14-26)10-4-8-24-22(30)19-5-3-6-20(17-19)25-21(29)7-11-28-12-9-23-18-28/h3,5-6,9,12,17-18H,2,4,7-8,10-11,13-16H2,1H3,(H,24,30)(H,25,29). The van der Waals surface area contributed by atoms with Gasteiger partial charge in [0.25, 0.3) is 5.91 Å². The summed E-state index contributed by atoms with van der Waals surface area (Å²) in [6.07, 6.45) is 6.47. The number of carbonyl (C=O) groups is 2. The van der Waals surface area contributed by atoms with Gasteiger partial charge in [0.05, 0.1) is 6.33 Å². The van der Waals surface area contributed by atoms with Gasteiger partial charge in [0.15, 0.2) is 0 Å². The predicted molar refractivity (Wildman–Crippen MR) is 117 cm³/mol. The van der Waals surface area contributed by atoms with Crippen LogP contribution in [0.2, 0.25) is 0 Å². The zero-order chi connectivity index (χ0) is 21.2. The second kappa shape index (κ2) is 11.5. The van der Waals surface area contributed by atoms with Crippen LogP contribution in [0.15, 0.2) is 43.0 Å². The summed E-state index contributed by atoms with van der Waals surface area (Å²) >= 11 is 0. The van der Waals surface area contributed by atoms with E-state index in [1.807, 2.05) is 10.8 Å². The van der Waals surface area contributed by atoms with E-state index in [2.05, 4.69) is 32.3 Å². The Kier molecular flexibility index (Phi) is 8.41. The third-order valence-corrected chi connectivity index (χ3v) is 5.41. The summed E-state index contributed by atoms with van der Waals surface area (Å²) in [6.45, 7) is 10.0. The molecule has 1 aromatic heterocycles. The average Bonchev–Trinajstić information content (AvgIpc) is 3.29. The van der Waals surface area contributed by atoms with E-state index in [0.717, 1.165) is 45.7 Å². The lowest BCUT2D eigenvalue weighted by Gasteiger charge is -2.33. The number of nitrogens with zero attached hydrogens (tertiary/aromatic N) is 4. The minimum atomic E-state index is -0.111. The molecule has 8 nitrogen and oxygen atoms in total. The smallest absolute Gasteiger partial charge is 0.251 e. The van der Waals surface area contributed by atoms with Gasteiger partial charge in [-0.3, -0.25) is 9.59 Å². The van der Waals surface area contributed by atoms with Crippen molar-refractivity contribution in [2.24, 2.45) is 0 Å². The number of anilines is 1. The van der Waals surface area contributed by atoms with Gasteiger partial charge in [0, 0.05) is 69.3 Å². The molecule has 30 heavy (non-hydrogen) atoms. The van der Waals surface area contributed by atoms with Crippen molar-refractivity contribution in [1.82, 2.24) is 24.7 Å². The van der Waals surface area contributed by atoms with Crippen molar-refractivity contribution in [3.8, 4) is 0 Å². The van der Waals surface area contributed by atoms with Crippen molar-refractivity contribution in [1.29, 1.82) is 0 Å². The summed E-state index contributed by atoms with van der Waals surface area (Å²) in [6, 6.07) is 7.06. The lowest BCUT2D eigenvalue weighted by Crippen LogP contribution is -2.46. The Morgan fingerprint density at radius 3 is 2.63 bits per heavy atom. The molecule has 0 atom stereocenters. The van der Waals surface area contributed by atoms with Crippen LogP contribution in [0.5, 0.6) is 0 Å². The van der Waals surface area contributed by atoms with E-state index >= 15 is 0 Å². The molecule has 1 saturated heterocycles. The van der Waals surface area contributed by atoms with Crippen molar-refractivity contribution >= 4 is 17.5 Å². The SMILES string of the molecule is CCN1CCN(CCCNC(=O)c2cccc(NC(=O)CCn3ccnc3)c2)CC1. The first-order chi connectivity index (χ1) is 14.6. The molecule has 2 aromatic rings. The molecule has 1 aliphatic rings. The fourth-order valence-electron chi connectivity index (χ4n) is 3.55. The molecule has 1 aliphatic heterocycles. The Balaban J connectivity index is 1.37. The van der Waals surface area contributed by atoms with Gasteiger partial charge in [-0.25, -0.2) is 4.98 Å². The van der Waals surface area contributed by atoms with Crippen LogP contribution < -0.4 is 10.6 Å². The largest absolute Gasteiger partial charge is 0.352 e. The number of benzene rings is 1. The first-order valence-corrected chi connectivity index (χ1v) is 10.7. The van der Waals surface area contributed by atoms with Gasteiger partial charge in [-0.2, -0.15) is 0 Å². The van der Waals surface area contributed by atoms with E-state index in [1.54, 1.807) is 36.8 Å².